The number of hydrogen-bond donors (Lipinski definition) is 0. The fraction of sp³-hybridized carbons (Fsp3) is 0.200. The van der Waals surface area contributed by atoms with Crippen molar-refractivity contribution in [3.63, 3.8) is 0 Å². The summed E-state index contributed by atoms with van der Waals surface area (Å²) in [5.74, 6) is -0.541. The lowest BCUT2D eigenvalue weighted by molar-refractivity contribution is 0.0723. The van der Waals surface area contributed by atoms with Gasteiger partial charge in [0.25, 0.3) is 0 Å². The van der Waals surface area contributed by atoms with Crippen LogP contribution in [0.1, 0.15) is 36.8 Å². The maximum absolute atomic E-state index is 13.2. The van der Waals surface area contributed by atoms with E-state index >= 15 is 0 Å². The van der Waals surface area contributed by atoms with Gasteiger partial charge in [0, 0.05) is 16.0 Å². The van der Waals surface area contributed by atoms with Gasteiger partial charge in [-0.05, 0) is 48.5 Å². The van der Waals surface area contributed by atoms with Crippen molar-refractivity contribution >= 4 is 21.9 Å². The third kappa shape index (κ3) is 4.02. The summed E-state index contributed by atoms with van der Waals surface area (Å²) in [5.41, 5.74) is 1.57. The summed E-state index contributed by atoms with van der Waals surface area (Å²) in [6.07, 6.45) is 0. The van der Waals surface area contributed by atoms with Crippen molar-refractivity contribution in [3.05, 3.63) is 76.1 Å². The van der Waals surface area contributed by atoms with Crippen molar-refractivity contribution in [2.75, 3.05) is 0 Å². The molecule has 26 heavy (non-hydrogen) atoms. The molecular formula is C20H18BrFN2O2. The van der Waals surface area contributed by atoms with Crippen LogP contribution in [0.5, 0.6) is 5.88 Å². The molecule has 0 fully saturated rings. The first-order valence-electron chi connectivity index (χ1n) is 8.08. The number of esters is 1. The van der Waals surface area contributed by atoms with Gasteiger partial charge in [0.2, 0.25) is 5.88 Å². The molecule has 4 nitrogen and oxygen atoms in total. The summed E-state index contributed by atoms with van der Waals surface area (Å²) in [5, 5.41) is 4.55. The normalized spacial score (nSPS) is 11.4. The van der Waals surface area contributed by atoms with E-state index in [0.717, 1.165) is 10.2 Å². The van der Waals surface area contributed by atoms with Gasteiger partial charge < -0.3 is 4.74 Å². The summed E-state index contributed by atoms with van der Waals surface area (Å²) >= 11 is 3.34. The van der Waals surface area contributed by atoms with Gasteiger partial charge in [-0.25, -0.2) is 13.9 Å². The van der Waals surface area contributed by atoms with E-state index in [1.54, 1.807) is 42.5 Å². The Hall–Kier alpha value is -2.47. The molecule has 0 aliphatic carbocycles. The van der Waals surface area contributed by atoms with Gasteiger partial charge in [-0.3, -0.25) is 0 Å². The van der Waals surface area contributed by atoms with Crippen LogP contribution in [-0.2, 0) is 5.41 Å². The third-order valence-corrected chi connectivity index (χ3v) is 4.32. The molecule has 0 atom stereocenters. The highest BCUT2D eigenvalue weighted by molar-refractivity contribution is 9.10. The minimum atomic E-state index is -0.485. The second-order valence-corrected chi connectivity index (χ2v) is 7.82. The van der Waals surface area contributed by atoms with Crippen LogP contribution in [-0.4, -0.2) is 15.7 Å². The second kappa shape index (κ2) is 7.03. The minimum absolute atomic E-state index is 0.232. The molecule has 0 radical (unpaired) electrons. The molecule has 1 heterocycles. The molecular weight excluding hydrogens is 399 g/mol. The Balaban J connectivity index is 1.99. The van der Waals surface area contributed by atoms with Gasteiger partial charge >= 0.3 is 5.97 Å². The average Bonchev–Trinajstić information content (AvgIpc) is 3.00. The fourth-order valence-electron chi connectivity index (χ4n) is 2.31. The van der Waals surface area contributed by atoms with E-state index in [-0.39, 0.29) is 17.1 Å². The van der Waals surface area contributed by atoms with E-state index in [0.29, 0.717) is 11.3 Å². The zero-order valence-corrected chi connectivity index (χ0v) is 16.2. The number of aromatic nitrogens is 2. The zero-order chi connectivity index (χ0) is 18.9. The van der Waals surface area contributed by atoms with E-state index in [2.05, 4.69) is 21.0 Å². The molecule has 0 amide bonds. The van der Waals surface area contributed by atoms with Crippen LogP contribution in [0.25, 0.3) is 5.69 Å². The predicted molar refractivity (Wildman–Crippen MR) is 101 cm³/mol. The molecule has 0 N–H and O–H groups in total. The third-order valence-electron chi connectivity index (χ3n) is 3.79. The molecule has 0 unspecified atom stereocenters. The van der Waals surface area contributed by atoms with Gasteiger partial charge in [-0.15, -0.1) is 0 Å². The number of ether oxygens (including phenoxy) is 1. The number of carbonyl (C=O) groups excluding carboxylic acids is 1. The average molecular weight is 417 g/mol. The molecule has 1 aromatic heterocycles. The first-order valence-corrected chi connectivity index (χ1v) is 8.87. The van der Waals surface area contributed by atoms with Gasteiger partial charge in [0.1, 0.15) is 5.82 Å². The molecule has 2 aromatic carbocycles. The van der Waals surface area contributed by atoms with Crippen molar-refractivity contribution in [1.29, 1.82) is 0 Å². The number of nitrogens with zero attached hydrogens (tertiary/aromatic N) is 2. The first-order chi connectivity index (χ1) is 12.2. The highest BCUT2D eigenvalue weighted by Gasteiger charge is 2.23. The molecule has 3 aromatic rings. The topological polar surface area (TPSA) is 44.1 Å². The Morgan fingerprint density at radius 2 is 1.69 bits per heavy atom. The summed E-state index contributed by atoms with van der Waals surface area (Å²) in [6, 6.07) is 14.5. The van der Waals surface area contributed by atoms with Crippen molar-refractivity contribution in [2.24, 2.45) is 0 Å². The minimum Gasteiger partial charge on any atom is -0.404 e. The SMILES string of the molecule is CC(C)(C)c1cc(OC(=O)c2ccc(Br)cc2)n(-c2ccc(F)cc2)n1. The number of carbonyl (C=O) groups is 1. The van der Waals surface area contributed by atoms with Crippen molar-refractivity contribution in [2.45, 2.75) is 26.2 Å². The highest BCUT2D eigenvalue weighted by atomic mass is 79.9. The maximum atomic E-state index is 13.2. The number of rotatable bonds is 3. The molecule has 0 bridgehead atoms. The molecule has 0 spiro atoms. The summed E-state index contributed by atoms with van der Waals surface area (Å²) in [7, 11) is 0. The van der Waals surface area contributed by atoms with E-state index in [1.165, 1.54) is 16.8 Å². The lowest BCUT2D eigenvalue weighted by Gasteiger charge is -2.13. The quantitative estimate of drug-likeness (QED) is 0.544. The van der Waals surface area contributed by atoms with Gasteiger partial charge in [-0.1, -0.05) is 36.7 Å². The van der Waals surface area contributed by atoms with Crippen molar-refractivity contribution in [3.8, 4) is 11.6 Å². The van der Waals surface area contributed by atoms with Crippen LogP contribution in [0.15, 0.2) is 59.1 Å². The Kier molecular flexibility index (Phi) is 4.96. The highest BCUT2D eigenvalue weighted by Crippen LogP contribution is 2.28. The van der Waals surface area contributed by atoms with Gasteiger partial charge in [0.15, 0.2) is 0 Å². The van der Waals surface area contributed by atoms with Crippen LogP contribution in [0.2, 0.25) is 0 Å². The van der Waals surface area contributed by atoms with Crippen LogP contribution in [0, 0.1) is 5.82 Å². The first kappa shape index (κ1) is 18.3. The standard InChI is InChI=1S/C20H18BrFN2O2/c1-20(2,3)17-12-18(24(23-17)16-10-8-15(22)9-11-16)26-19(25)13-4-6-14(21)7-5-13/h4-12H,1-3H3. The predicted octanol–water partition coefficient (Wildman–Crippen LogP) is 5.29. The maximum Gasteiger partial charge on any atom is 0.344 e. The largest absolute Gasteiger partial charge is 0.404 e. The lowest BCUT2D eigenvalue weighted by atomic mass is 9.93. The fourth-order valence-corrected chi connectivity index (χ4v) is 2.57. The van der Waals surface area contributed by atoms with Crippen LogP contribution in [0.4, 0.5) is 4.39 Å². The lowest BCUT2D eigenvalue weighted by Crippen LogP contribution is -2.13. The van der Waals surface area contributed by atoms with Crippen molar-refractivity contribution in [1.82, 2.24) is 9.78 Å². The molecule has 0 aliphatic rings. The van der Waals surface area contributed by atoms with Crippen LogP contribution in [0.3, 0.4) is 0 Å². The number of benzene rings is 2. The van der Waals surface area contributed by atoms with Gasteiger partial charge in [0.05, 0.1) is 16.9 Å². The van der Waals surface area contributed by atoms with Crippen LogP contribution < -0.4 is 4.74 Å². The molecule has 0 saturated heterocycles. The smallest absolute Gasteiger partial charge is 0.344 e. The summed E-state index contributed by atoms with van der Waals surface area (Å²) < 4.78 is 21.2. The Labute approximate surface area is 159 Å². The Bertz CT molecular complexity index is 926. The molecule has 0 saturated carbocycles. The van der Waals surface area contributed by atoms with Crippen LogP contribution >= 0.6 is 15.9 Å². The van der Waals surface area contributed by atoms with Crippen molar-refractivity contribution < 1.29 is 13.9 Å². The van der Waals surface area contributed by atoms with E-state index < -0.39 is 5.97 Å². The molecule has 134 valence electrons. The summed E-state index contributed by atoms with van der Waals surface area (Å²) in [6.45, 7) is 6.06. The number of halogens is 2. The Morgan fingerprint density at radius 1 is 1.08 bits per heavy atom. The number of hydrogen-bond acceptors (Lipinski definition) is 3. The van der Waals surface area contributed by atoms with E-state index in [4.69, 9.17) is 4.74 Å². The zero-order valence-electron chi connectivity index (χ0n) is 14.7. The molecule has 0 aliphatic heterocycles. The molecule has 6 heteroatoms. The van der Waals surface area contributed by atoms with Gasteiger partial charge in [-0.2, -0.15) is 5.10 Å². The van der Waals surface area contributed by atoms with E-state index in [9.17, 15) is 9.18 Å². The Morgan fingerprint density at radius 3 is 2.27 bits per heavy atom. The second-order valence-electron chi connectivity index (χ2n) is 6.90. The molecule has 3 rings (SSSR count). The van der Waals surface area contributed by atoms with E-state index in [1.807, 2.05) is 20.8 Å². The summed E-state index contributed by atoms with van der Waals surface area (Å²) in [4.78, 5) is 12.5. The monoisotopic (exact) mass is 416 g/mol.